The van der Waals surface area contributed by atoms with Crippen molar-refractivity contribution in [2.24, 2.45) is 0 Å². The fourth-order valence-electron chi connectivity index (χ4n) is 1.90. The van der Waals surface area contributed by atoms with Crippen molar-refractivity contribution in [1.82, 2.24) is 14.6 Å². The van der Waals surface area contributed by atoms with Crippen molar-refractivity contribution in [3.8, 4) is 0 Å². The van der Waals surface area contributed by atoms with Crippen molar-refractivity contribution in [3.63, 3.8) is 0 Å². The molecule has 0 bridgehead atoms. The molecular formula is C13H24N4O2S2. The zero-order valence-corrected chi connectivity index (χ0v) is 14.4. The minimum absolute atomic E-state index is 0.418. The summed E-state index contributed by atoms with van der Waals surface area (Å²) in [6.07, 6.45) is 3.11. The molecule has 1 aromatic rings. The quantitative estimate of drug-likeness (QED) is 0.678. The number of anilines is 1. The zero-order chi connectivity index (χ0) is 15.5. The van der Waals surface area contributed by atoms with Gasteiger partial charge in [-0.1, -0.05) is 13.8 Å². The van der Waals surface area contributed by atoms with Crippen LogP contribution in [0.1, 0.15) is 44.7 Å². The summed E-state index contributed by atoms with van der Waals surface area (Å²) in [4.78, 5) is 4.35. The molecule has 1 aliphatic rings. The second kappa shape index (κ2) is 7.04. The van der Waals surface area contributed by atoms with Gasteiger partial charge in [0, 0.05) is 30.9 Å². The molecule has 8 heteroatoms. The van der Waals surface area contributed by atoms with E-state index in [0.717, 1.165) is 18.7 Å². The SMILES string of the molecule is CC(C)NCCCN(C)S(=O)(=O)Nc1nc(C2CC2)cs1. The van der Waals surface area contributed by atoms with E-state index in [1.807, 2.05) is 5.38 Å². The molecular weight excluding hydrogens is 308 g/mol. The van der Waals surface area contributed by atoms with Gasteiger partial charge in [-0.15, -0.1) is 11.3 Å². The van der Waals surface area contributed by atoms with E-state index in [4.69, 9.17) is 0 Å². The lowest BCUT2D eigenvalue weighted by molar-refractivity contribution is 0.451. The molecule has 1 saturated carbocycles. The van der Waals surface area contributed by atoms with Crippen LogP contribution in [-0.2, 0) is 10.2 Å². The number of thiazole rings is 1. The van der Waals surface area contributed by atoms with Gasteiger partial charge in [0.1, 0.15) is 0 Å². The number of nitrogens with zero attached hydrogens (tertiary/aromatic N) is 2. The van der Waals surface area contributed by atoms with Crippen LogP contribution in [0.25, 0.3) is 0 Å². The lowest BCUT2D eigenvalue weighted by atomic mass is 10.3. The monoisotopic (exact) mass is 332 g/mol. The molecule has 1 fully saturated rings. The summed E-state index contributed by atoms with van der Waals surface area (Å²) in [7, 11) is -1.91. The molecule has 120 valence electrons. The molecule has 0 atom stereocenters. The van der Waals surface area contributed by atoms with Crippen molar-refractivity contribution in [2.45, 2.75) is 45.1 Å². The van der Waals surface area contributed by atoms with E-state index in [1.54, 1.807) is 7.05 Å². The minimum atomic E-state index is -3.50. The third-order valence-corrected chi connectivity index (χ3v) is 5.71. The molecule has 2 rings (SSSR count). The van der Waals surface area contributed by atoms with Gasteiger partial charge >= 0.3 is 10.2 Å². The van der Waals surface area contributed by atoms with Gasteiger partial charge in [-0.05, 0) is 25.8 Å². The van der Waals surface area contributed by atoms with Crippen LogP contribution in [0.15, 0.2) is 5.38 Å². The van der Waals surface area contributed by atoms with E-state index in [1.165, 1.54) is 28.5 Å². The van der Waals surface area contributed by atoms with Crippen LogP contribution in [-0.4, -0.2) is 43.9 Å². The summed E-state index contributed by atoms with van der Waals surface area (Å²) in [6, 6.07) is 0.418. The summed E-state index contributed by atoms with van der Waals surface area (Å²) < 4.78 is 28.3. The van der Waals surface area contributed by atoms with E-state index in [9.17, 15) is 8.42 Å². The molecule has 0 aliphatic heterocycles. The van der Waals surface area contributed by atoms with E-state index in [2.05, 4.69) is 28.9 Å². The van der Waals surface area contributed by atoms with Gasteiger partial charge in [0.15, 0.2) is 5.13 Å². The van der Waals surface area contributed by atoms with Crippen molar-refractivity contribution in [2.75, 3.05) is 24.9 Å². The Labute approximate surface area is 131 Å². The first kappa shape index (κ1) is 16.7. The van der Waals surface area contributed by atoms with Gasteiger partial charge < -0.3 is 5.32 Å². The maximum absolute atomic E-state index is 12.2. The standard InChI is InChI=1S/C13H24N4O2S2/c1-10(2)14-7-4-8-17(3)21(18,19)16-13-15-12(9-20-13)11-5-6-11/h9-11,14H,4-8H2,1-3H3,(H,15,16). The number of nitrogens with one attached hydrogen (secondary N) is 2. The predicted molar refractivity (Wildman–Crippen MR) is 87.0 cm³/mol. The lowest BCUT2D eigenvalue weighted by Gasteiger charge is -2.17. The Hall–Kier alpha value is -0.700. The zero-order valence-electron chi connectivity index (χ0n) is 12.8. The average molecular weight is 332 g/mol. The van der Waals surface area contributed by atoms with Gasteiger partial charge in [-0.3, -0.25) is 0 Å². The Morgan fingerprint density at radius 2 is 2.19 bits per heavy atom. The van der Waals surface area contributed by atoms with Crippen LogP contribution in [0, 0.1) is 0 Å². The molecule has 0 aromatic carbocycles. The summed E-state index contributed by atoms with van der Waals surface area (Å²) >= 11 is 1.35. The van der Waals surface area contributed by atoms with Gasteiger partial charge in [-0.2, -0.15) is 12.7 Å². The number of hydrogen-bond acceptors (Lipinski definition) is 5. The first-order valence-corrected chi connectivity index (χ1v) is 9.63. The smallest absolute Gasteiger partial charge is 0.303 e. The largest absolute Gasteiger partial charge is 0.314 e. The normalized spacial score (nSPS) is 15.9. The second-order valence-electron chi connectivity index (χ2n) is 5.74. The van der Waals surface area contributed by atoms with Crippen LogP contribution in [0.5, 0.6) is 0 Å². The van der Waals surface area contributed by atoms with Crippen molar-refractivity contribution < 1.29 is 8.42 Å². The fourth-order valence-corrected chi connectivity index (χ4v) is 3.84. The molecule has 21 heavy (non-hydrogen) atoms. The average Bonchev–Trinajstić information content (AvgIpc) is 3.15. The van der Waals surface area contributed by atoms with E-state index in [0.29, 0.717) is 23.6 Å². The van der Waals surface area contributed by atoms with Crippen molar-refractivity contribution in [3.05, 3.63) is 11.1 Å². The Kier molecular flexibility index (Phi) is 5.59. The number of rotatable bonds is 9. The molecule has 0 saturated heterocycles. The molecule has 0 spiro atoms. The molecule has 1 aromatic heterocycles. The summed E-state index contributed by atoms with van der Waals surface area (Å²) in [5.41, 5.74) is 1.02. The Morgan fingerprint density at radius 1 is 1.48 bits per heavy atom. The summed E-state index contributed by atoms with van der Waals surface area (Å²) in [6.45, 7) is 5.43. The van der Waals surface area contributed by atoms with Crippen LogP contribution < -0.4 is 10.0 Å². The molecule has 0 unspecified atom stereocenters. The molecule has 6 nitrogen and oxygen atoms in total. The third-order valence-electron chi connectivity index (χ3n) is 3.35. The van der Waals surface area contributed by atoms with Crippen molar-refractivity contribution in [1.29, 1.82) is 0 Å². The van der Waals surface area contributed by atoms with Crippen LogP contribution in [0.4, 0.5) is 5.13 Å². The fraction of sp³-hybridized carbons (Fsp3) is 0.769. The van der Waals surface area contributed by atoms with Gasteiger partial charge in [0.2, 0.25) is 0 Å². The highest BCUT2D eigenvalue weighted by molar-refractivity contribution is 7.90. The molecule has 2 N–H and O–H groups in total. The Balaban J connectivity index is 1.81. The maximum Gasteiger partial charge on any atom is 0.303 e. The molecule has 1 aliphatic carbocycles. The van der Waals surface area contributed by atoms with Crippen molar-refractivity contribution >= 4 is 26.7 Å². The molecule has 0 amide bonds. The predicted octanol–water partition coefficient (Wildman–Crippen LogP) is 2.00. The highest BCUT2D eigenvalue weighted by Gasteiger charge is 2.27. The first-order valence-electron chi connectivity index (χ1n) is 7.31. The highest BCUT2D eigenvalue weighted by Crippen LogP contribution is 2.40. The van der Waals surface area contributed by atoms with E-state index in [-0.39, 0.29) is 0 Å². The molecule has 1 heterocycles. The lowest BCUT2D eigenvalue weighted by Crippen LogP contribution is -2.35. The minimum Gasteiger partial charge on any atom is -0.314 e. The van der Waals surface area contributed by atoms with E-state index < -0.39 is 10.2 Å². The van der Waals surface area contributed by atoms with E-state index >= 15 is 0 Å². The van der Waals surface area contributed by atoms with Crippen LogP contribution in [0.2, 0.25) is 0 Å². The first-order chi connectivity index (χ1) is 9.88. The topological polar surface area (TPSA) is 74.3 Å². The van der Waals surface area contributed by atoms with Crippen LogP contribution >= 0.6 is 11.3 Å². The number of aromatic nitrogens is 1. The van der Waals surface area contributed by atoms with Gasteiger partial charge in [0.05, 0.1) is 5.69 Å². The third kappa shape index (κ3) is 5.21. The summed E-state index contributed by atoms with van der Waals surface area (Å²) in [5, 5.41) is 5.68. The maximum atomic E-state index is 12.2. The Morgan fingerprint density at radius 3 is 2.81 bits per heavy atom. The van der Waals surface area contributed by atoms with Gasteiger partial charge in [0.25, 0.3) is 0 Å². The van der Waals surface area contributed by atoms with Crippen LogP contribution in [0.3, 0.4) is 0 Å². The second-order valence-corrected chi connectivity index (χ2v) is 8.38. The Bertz CT molecular complexity index is 552. The van der Waals surface area contributed by atoms with Gasteiger partial charge in [-0.25, -0.2) is 9.71 Å². The summed E-state index contributed by atoms with van der Waals surface area (Å²) in [5.74, 6) is 0.541. The highest BCUT2D eigenvalue weighted by atomic mass is 32.2. The molecule has 0 radical (unpaired) electrons. The number of hydrogen-bond donors (Lipinski definition) is 2.